The molecular weight excluding hydrogens is 432 g/mol. The van der Waals surface area contributed by atoms with Gasteiger partial charge in [0.2, 0.25) is 10.0 Å². The molecule has 0 radical (unpaired) electrons. The van der Waals surface area contributed by atoms with Gasteiger partial charge in [-0.3, -0.25) is 4.79 Å². The van der Waals surface area contributed by atoms with Crippen LogP contribution in [0.15, 0.2) is 57.9 Å². The van der Waals surface area contributed by atoms with Gasteiger partial charge in [-0.1, -0.05) is 30.3 Å². The molecule has 0 aromatic heterocycles. The van der Waals surface area contributed by atoms with Gasteiger partial charge < -0.3 is 10.1 Å². The molecule has 1 aliphatic heterocycles. The lowest BCUT2D eigenvalue weighted by Crippen LogP contribution is -2.40. The van der Waals surface area contributed by atoms with Crippen molar-refractivity contribution < 1.29 is 17.9 Å². The SMILES string of the molecule is O=C(NCCc1ccccc1)c1ccc(Br)c(S(=O)(=O)N2CCOCC2)c1. The molecular formula is C19H21BrN2O4S. The second-order valence-corrected chi connectivity index (χ2v) is 8.91. The second-order valence-electron chi connectivity index (χ2n) is 6.15. The lowest BCUT2D eigenvalue weighted by molar-refractivity contribution is 0.0730. The topological polar surface area (TPSA) is 75.7 Å². The summed E-state index contributed by atoms with van der Waals surface area (Å²) in [5.41, 5.74) is 1.45. The molecule has 27 heavy (non-hydrogen) atoms. The van der Waals surface area contributed by atoms with Crippen LogP contribution in [0, 0.1) is 0 Å². The fourth-order valence-corrected chi connectivity index (χ4v) is 5.19. The van der Waals surface area contributed by atoms with E-state index in [9.17, 15) is 13.2 Å². The van der Waals surface area contributed by atoms with E-state index < -0.39 is 10.0 Å². The molecule has 2 aromatic carbocycles. The summed E-state index contributed by atoms with van der Waals surface area (Å²) in [6.45, 7) is 1.84. The van der Waals surface area contributed by atoms with Gasteiger partial charge in [0.1, 0.15) is 0 Å². The third-order valence-corrected chi connectivity index (χ3v) is 7.22. The molecule has 0 atom stereocenters. The Morgan fingerprint density at radius 3 is 2.52 bits per heavy atom. The summed E-state index contributed by atoms with van der Waals surface area (Å²) in [5.74, 6) is -0.295. The predicted molar refractivity (Wildman–Crippen MR) is 106 cm³/mol. The Bertz CT molecular complexity index is 897. The summed E-state index contributed by atoms with van der Waals surface area (Å²) in [4.78, 5) is 12.5. The quantitative estimate of drug-likeness (QED) is 0.729. The third kappa shape index (κ3) is 4.95. The standard InChI is InChI=1S/C19H21BrN2O4S/c20-17-7-6-16(19(23)21-9-8-15-4-2-1-3-5-15)14-18(17)27(24,25)22-10-12-26-13-11-22/h1-7,14H,8-13H2,(H,21,23). The molecule has 8 heteroatoms. The first-order chi connectivity index (χ1) is 13.0. The first kappa shape index (κ1) is 20.0. The van der Waals surface area contributed by atoms with Gasteiger partial charge in [-0.2, -0.15) is 4.31 Å². The Morgan fingerprint density at radius 2 is 1.81 bits per heavy atom. The van der Waals surface area contributed by atoms with E-state index in [1.807, 2.05) is 30.3 Å². The van der Waals surface area contributed by atoms with Crippen LogP contribution in [0.1, 0.15) is 15.9 Å². The molecule has 0 saturated carbocycles. The van der Waals surface area contributed by atoms with Crippen molar-refractivity contribution in [3.63, 3.8) is 0 Å². The molecule has 1 amide bonds. The normalized spacial score (nSPS) is 15.4. The summed E-state index contributed by atoms with van der Waals surface area (Å²) < 4.78 is 32.8. The maximum atomic E-state index is 12.9. The van der Waals surface area contributed by atoms with Crippen LogP contribution in [-0.4, -0.2) is 51.5 Å². The Kier molecular flexibility index (Phi) is 6.64. The zero-order valence-electron chi connectivity index (χ0n) is 14.7. The van der Waals surface area contributed by atoms with Crippen molar-refractivity contribution in [2.45, 2.75) is 11.3 Å². The van der Waals surface area contributed by atoms with E-state index in [1.165, 1.54) is 10.4 Å². The average Bonchev–Trinajstić information content (AvgIpc) is 2.69. The van der Waals surface area contributed by atoms with E-state index in [4.69, 9.17) is 4.74 Å². The predicted octanol–water partition coefficient (Wildman–Crippen LogP) is 2.44. The summed E-state index contributed by atoms with van der Waals surface area (Å²) in [5, 5.41) is 2.84. The van der Waals surface area contributed by atoms with Crippen molar-refractivity contribution in [3.05, 3.63) is 64.1 Å². The summed E-state index contributed by atoms with van der Waals surface area (Å²) in [7, 11) is -3.69. The molecule has 6 nitrogen and oxygen atoms in total. The van der Waals surface area contributed by atoms with Crippen LogP contribution < -0.4 is 5.32 Å². The van der Waals surface area contributed by atoms with Gasteiger partial charge in [-0.05, 0) is 46.1 Å². The van der Waals surface area contributed by atoms with Crippen LogP contribution in [0.5, 0.6) is 0 Å². The van der Waals surface area contributed by atoms with Gasteiger partial charge in [-0.25, -0.2) is 8.42 Å². The van der Waals surface area contributed by atoms with Crippen molar-refractivity contribution in [3.8, 4) is 0 Å². The molecule has 3 rings (SSSR count). The Balaban J connectivity index is 1.71. The number of ether oxygens (including phenoxy) is 1. The molecule has 1 N–H and O–H groups in total. The Morgan fingerprint density at radius 1 is 1.11 bits per heavy atom. The maximum absolute atomic E-state index is 12.9. The van der Waals surface area contributed by atoms with E-state index in [1.54, 1.807) is 12.1 Å². The van der Waals surface area contributed by atoms with E-state index in [-0.39, 0.29) is 10.8 Å². The molecule has 0 unspecified atom stereocenters. The number of rotatable bonds is 6. The van der Waals surface area contributed by atoms with Crippen LogP contribution >= 0.6 is 15.9 Å². The van der Waals surface area contributed by atoms with Crippen molar-refractivity contribution in [1.29, 1.82) is 0 Å². The first-order valence-electron chi connectivity index (χ1n) is 8.68. The van der Waals surface area contributed by atoms with Crippen LogP contribution in [0.3, 0.4) is 0 Å². The maximum Gasteiger partial charge on any atom is 0.251 e. The average molecular weight is 453 g/mol. The number of hydrogen-bond donors (Lipinski definition) is 1. The molecule has 144 valence electrons. The van der Waals surface area contributed by atoms with E-state index in [2.05, 4.69) is 21.2 Å². The number of carbonyl (C=O) groups is 1. The Labute approximate surface area is 167 Å². The van der Waals surface area contributed by atoms with Crippen LogP contribution in [0.2, 0.25) is 0 Å². The van der Waals surface area contributed by atoms with Gasteiger partial charge >= 0.3 is 0 Å². The zero-order chi connectivity index (χ0) is 19.3. The number of hydrogen-bond acceptors (Lipinski definition) is 4. The molecule has 2 aromatic rings. The van der Waals surface area contributed by atoms with Crippen LogP contribution in [0.25, 0.3) is 0 Å². The highest BCUT2D eigenvalue weighted by atomic mass is 79.9. The van der Waals surface area contributed by atoms with Crippen LogP contribution in [-0.2, 0) is 21.2 Å². The first-order valence-corrected chi connectivity index (χ1v) is 10.9. The number of amides is 1. The molecule has 1 aliphatic rings. The third-order valence-electron chi connectivity index (χ3n) is 4.32. The summed E-state index contributed by atoms with van der Waals surface area (Å²) in [6.07, 6.45) is 0.710. The van der Waals surface area contributed by atoms with Gasteiger partial charge in [-0.15, -0.1) is 0 Å². The summed E-state index contributed by atoms with van der Waals surface area (Å²) in [6, 6.07) is 14.5. The van der Waals surface area contributed by atoms with Crippen molar-refractivity contribution in [1.82, 2.24) is 9.62 Å². The molecule has 0 aliphatic carbocycles. The number of halogens is 1. The van der Waals surface area contributed by atoms with Crippen molar-refractivity contribution in [2.75, 3.05) is 32.8 Å². The second kappa shape index (κ2) is 8.97. The highest BCUT2D eigenvalue weighted by Gasteiger charge is 2.28. The largest absolute Gasteiger partial charge is 0.379 e. The van der Waals surface area contributed by atoms with Gasteiger partial charge in [0.25, 0.3) is 5.91 Å². The Hall–Kier alpha value is -1.74. The molecule has 1 saturated heterocycles. The van der Waals surface area contributed by atoms with Gasteiger partial charge in [0.15, 0.2) is 0 Å². The summed E-state index contributed by atoms with van der Waals surface area (Å²) >= 11 is 3.30. The number of sulfonamides is 1. The number of nitrogens with zero attached hydrogens (tertiary/aromatic N) is 1. The minimum atomic E-state index is -3.69. The van der Waals surface area contributed by atoms with E-state index in [0.29, 0.717) is 49.3 Å². The number of nitrogens with one attached hydrogen (secondary N) is 1. The zero-order valence-corrected chi connectivity index (χ0v) is 17.1. The van der Waals surface area contributed by atoms with Crippen LogP contribution in [0.4, 0.5) is 0 Å². The van der Waals surface area contributed by atoms with Gasteiger partial charge in [0.05, 0.1) is 18.1 Å². The fraction of sp³-hybridized carbons (Fsp3) is 0.316. The molecule has 0 spiro atoms. The molecule has 1 fully saturated rings. The van der Waals surface area contributed by atoms with Crippen molar-refractivity contribution in [2.24, 2.45) is 0 Å². The van der Waals surface area contributed by atoms with E-state index >= 15 is 0 Å². The lowest BCUT2D eigenvalue weighted by Gasteiger charge is -2.26. The minimum Gasteiger partial charge on any atom is -0.379 e. The molecule has 1 heterocycles. The fourth-order valence-electron chi connectivity index (χ4n) is 2.84. The number of benzene rings is 2. The van der Waals surface area contributed by atoms with Gasteiger partial charge in [0, 0.05) is 29.7 Å². The van der Waals surface area contributed by atoms with E-state index in [0.717, 1.165) is 5.56 Å². The lowest BCUT2D eigenvalue weighted by atomic mass is 10.1. The highest BCUT2D eigenvalue weighted by molar-refractivity contribution is 9.10. The smallest absolute Gasteiger partial charge is 0.251 e. The highest BCUT2D eigenvalue weighted by Crippen LogP contribution is 2.27. The molecule has 0 bridgehead atoms. The number of carbonyl (C=O) groups excluding carboxylic acids is 1. The number of morpholine rings is 1. The van der Waals surface area contributed by atoms with Crippen molar-refractivity contribution >= 4 is 31.9 Å². The monoisotopic (exact) mass is 452 g/mol. The minimum absolute atomic E-state index is 0.0973.